The molecule has 0 unspecified atom stereocenters. The van der Waals surface area contributed by atoms with Crippen LogP contribution in [0.3, 0.4) is 0 Å². The van der Waals surface area contributed by atoms with E-state index in [0.29, 0.717) is 17.1 Å². The molecule has 0 amide bonds. The minimum atomic E-state index is -0.220. The summed E-state index contributed by atoms with van der Waals surface area (Å²) in [4.78, 5) is 14.8. The Labute approximate surface area is 180 Å². The van der Waals surface area contributed by atoms with Crippen molar-refractivity contribution in [3.05, 3.63) is 64.6 Å². The van der Waals surface area contributed by atoms with Crippen molar-refractivity contribution in [1.29, 1.82) is 0 Å². The van der Waals surface area contributed by atoms with Gasteiger partial charge in [-0.3, -0.25) is 9.89 Å². The molecule has 2 aromatic carbocycles. The molecule has 31 heavy (non-hydrogen) atoms. The van der Waals surface area contributed by atoms with E-state index in [4.69, 9.17) is 14.2 Å². The highest BCUT2D eigenvalue weighted by molar-refractivity contribution is 5.92. The van der Waals surface area contributed by atoms with Crippen LogP contribution >= 0.6 is 0 Å². The van der Waals surface area contributed by atoms with Gasteiger partial charge in [-0.2, -0.15) is 5.10 Å². The number of methoxy groups -OCH3 is 2. The average Bonchev–Trinajstić information content (AvgIpc) is 3.21. The normalized spacial score (nSPS) is 11.5. The lowest BCUT2D eigenvalue weighted by atomic mass is 9.86. The van der Waals surface area contributed by atoms with E-state index in [2.05, 4.69) is 36.0 Å². The zero-order valence-electron chi connectivity index (χ0n) is 18.2. The Morgan fingerprint density at radius 2 is 1.68 bits per heavy atom. The molecule has 4 aromatic rings. The van der Waals surface area contributed by atoms with Crippen molar-refractivity contribution in [2.45, 2.75) is 26.2 Å². The van der Waals surface area contributed by atoms with Crippen LogP contribution in [-0.2, 0) is 5.41 Å². The molecule has 0 aliphatic heterocycles. The maximum atomic E-state index is 12.0. The third-order valence-corrected chi connectivity index (χ3v) is 5.14. The van der Waals surface area contributed by atoms with Gasteiger partial charge in [-0.05, 0) is 46.9 Å². The van der Waals surface area contributed by atoms with Gasteiger partial charge in [-0.25, -0.2) is 0 Å². The second-order valence-corrected chi connectivity index (χ2v) is 8.27. The van der Waals surface area contributed by atoms with Crippen molar-refractivity contribution in [2.24, 2.45) is 0 Å². The molecule has 0 spiro atoms. The van der Waals surface area contributed by atoms with Gasteiger partial charge in [0.15, 0.2) is 17.1 Å². The standard InChI is InChI=1S/C24H25N3O4/c1-24(2,3)18-11-15(29-4)7-9-19(18)31-20-8-6-14(10-21(20)30-5)16-12-22(28)26-23-17(16)13-25-27-23/h6-13H,1-5H3,(H2,25,26,27,28). The molecule has 0 bridgehead atoms. The minimum absolute atomic E-state index is 0.144. The Bertz CT molecular complexity index is 1300. The second kappa shape index (κ2) is 7.83. The predicted octanol–water partition coefficient (Wildman–Crippen LogP) is 5.03. The van der Waals surface area contributed by atoms with Crippen molar-refractivity contribution < 1.29 is 14.2 Å². The van der Waals surface area contributed by atoms with E-state index < -0.39 is 0 Å². The molecule has 0 radical (unpaired) electrons. The maximum Gasteiger partial charge on any atom is 0.250 e. The van der Waals surface area contributed by atoms with E-state index in [1.165, 1.54) is 0 Å². The number of ether oxygens (including phenoxy) is 3. The summed E-state index contributed by atoms with van der Waals surface area (Å²) < 4.78 is 17.3. The summed E-state index contributed by atoms with van der Waals surface area (Å²) in [7, 11) is 3.24. The Morgan fingerprint density at radius 3 is 2.39 bits per heavy atom. The first kappa shape index (κ1) is 20.5. The number of hydrogen-bond acceptors (Lipinski definition) is 5. The Hall–Kier alpha value is -3.74. The highest BCUT2D eigenvalue weighted by Crippen LogP contribution is 2.41. The van der Waals surface area contributed by atoms with Crippen LogP contribution in [0.1, 0.15) is 26.3 Å². The highest BCUT2D eigenvalue weighted by Gasteiger charge is 2.21. The number of rotatable bonds is 5. The quantitative estimate of drug-likeness (QED) is 0.474. The summed E-state index contributed by atoms with van der Waals surface area (Å²) in [5, 5.41) is 7.69. The van der Waals surface area contributed by atoms with E-state index in [1.54, 1.807) is 26.5 Å². The molecule has 160 valence electrons. The van der Waals surface area contributed by atoms with Crippen molar-refractivity contribution in [1.82, 2.24) is 15.2 Å². The molecule has 7 heteroatoms. The Morgan fingerprint density at radius 1 is 0.903 bits per heavy atom. The summed E-state index contributed by atoms with van der Waals surface area (Å²) >= 11 is 0. The summed E-state index contributed by atoms with van der Waals surface area (Å²) in [5.41, 5.74) is 2.75. The van der Waals surface area contributed by atoms with Gasteiger partial charge < -0.3 is 19.2 Å². The van der Waals surface area contributed by atoms with Crippen LogP contribution in [0.4, 0.5) is 0 Å². The average molecular weight is 419 g/mol. The topological polar surface area (TPSA) is 89.2 Å². The van der Waals surface area contributed by atoms with Gasteiger partial charge in [0, 0.05) is 23.2 Å². The SMILES string of the molecule is COc1ccc(Oc2ccc(-c3cc(=O)[nH]c4n[nH]cc34)cc2OC)c(C(C)(C)C)c1. The first-order chi connectivity index (χ1) is 14.8. The number of fused-ring (bicyclic) bond motifs is 1. The number of aromatic nitrogens is 3. The second-order valence-electron chi connectivity index (χ2n) is 8.27. The fraction of sp³-hybridized carbons (Fsp3) is 0.250. The monoisotopic (exact) mass is 419 g/mol. The van der Waals surface area contributed by atoms with Crippen LogP contribution in [0.25, 0.3) is 22.2 Å². The largest absolute Gasteiger partial charge is 0.497 e. The lowest BCUT2D eigenvalue weighted by Crippen LogP contribution is -2.13. The molecule has 0 saturated carbocycles. The van der Waals surface area contributed by atoms with Gasteiger partial charge >= 0.3 is 0 Å². The van der Waals surface area contributed by atoms with Gasteiger partial charge in [0.2, 0.25) is 5.56 Å². The third kappa shape index (κ3) is 3.99. The first-order valence-corrected chi connectivity index (χ1v) is 9.92. The maximum absolute atomic E-state index is 12.0. The van der Waals surface area contributed by atoms with Crippen LogP contribution in [-0.4, -0.2) is 29.4 Å². The minimum Gasteiger partial charge on any atom is -0.497 e. The Kier molecular flexibility index (Phi) is 5.19. The zero-order valence-corrected chi connectivity index (χ0v) is 18.2. The lowest BCUT2D eigenvalue weighted by Gasteiger charge is -2.24. The van der Waals surface area contributed by atoms with E-state index in [-0.39, 0.29) is 11.0 Å². The number of benzene rings is 2. The van der Waals surface area contributed by atoms with Crippen LogP contribution in [0.15, 0.2) is 53.5 Å². The van der Waals surface area contributed by atoms with Crippen LogP contribution < -0.4 is 19.8 Å². The summed E-state index contributed by atoms with van der Waals surface area (Å²) in [6.45, 7) is 6.37. The van der Waals surface area contributed by atoms with E-state index in [9.17, 15) is 4.79 Å². The summed E-state index contributed by atoms with van der Waals surface area (Å²) in [6.07, 6.45) is 1.75. The smallest absolute Gasteiger partial charge is 0.250 e. The number of hydrogen-bond donors (Lipinski definition) is 2. The number of nitrogens with zero attached hydrogens (tertiary/aromatic N) is 1. The zero-order chi connectivity index (χ0) is 22.2. The number of pyridine rings is 1. The van der Waals surface area contributed by atoms with Crippen molar-refractivity contribution in [2.75, 3.05) is 14.2 Å². The van der Waals surface area contributed by atoms with Crippen molar-refractivity contribution >= 4 is 11.0 Å². The number of H-pyrrole nitrogens is 2. The number of aromatic amines is 2. The van der Waals surface area contributed by atoms with Gasteiger partial charge in [0.1, 0.15) is 11.5 Å². The summed E-state index contributed by atoms with van der Waals surface area (Å²) in [5.74, 6) is 2.64. The number of nitrogens with one attached hydrogen (secondary N) is 2. The molecule has 0 fully saturated rings. The van der Waals surface area contributed by atoms with E-state index in [1.807, 2.05) is 36.4 Å². The summed E-state index contributed by atoms with van der Waals surface area (Å²) in [6, 6.07) is 12.9. The van der Waals surface area contributed by atoms with Crippen LogP contribution in [0.2, 0.25) is 0 Å². The molecule has 2 heterocycles. The molecule has 0 atom stereocenters. The molecule has 0 saturated heterocycles. The molecule has 2 N–H and O–H groups in total. The molecular weight excluding hydrogens is 394 g/mol. The molecule has 0 aliphatic rings. The fourth-order valence-electron chi connectivity index (χ4n) is 3.54. The predicted molar refractivity (Wildman–Crippen MR) is 120 cm³/mol. The molecule has 7 nitrogen and oxygen atoms in total. The molecule has 4 rings (SSSR count). The van der Waals surface area contributed by atoms with E-state index >= 15 is 0 Å². The van der Waals surface area contributed by atoms with Crippen LogP contribution in [0, 0.1) is 0 Å². The van der Waals surface area contributed by atoms with Gasteiger partial charge in [-0.1, -0.05) is 26.8 Å². The fourth-order valence-corrected chi connectivity index (χ4v) is 3.54. The first-order valence-electron chi connectivity index (χ1n) is 9.92. The third-order valence-electron chi connectivity index (χ3n) is 5.14. The van der Waals surface area contributed by atoms with E-state index in [0.717, 1.165) is 33.6 Å². The van der Waals surface area contributed by atoms with Crippen molar-refractivity contribution in [3.8, 4) is 34.1 Å². The van der Waals surface area contributed by atoms with Gasteiger partial charge in [0.05, 0.1) is 14.2 Å². The Balaban J connectivity index is 1.77. The lowest BCUT2D eigenvalue weighted by molar-refractivity contribution is 0.373. The highest BCUT2D eigenvalue weighted by atomic mass is 16.5. The van der Waals surface area contributed by atoms with Gasteiger partial charge in [0.25, 0.3) is 0 Å². The van der Waals surface area contributed by atoms with Gasteiger partial charge in [-0.15, -0.1) is 0 Å². The molecule has 0 aliphatic carbocycles. The van der Waals surface area contributed by atoms with Crippen LogP contribution in [0.5, 0.6) is 23.0 Å². The molecular formula is C24H25N3O4. The molecule has 2 aromatic heterocycles. The van der Waals surface area contributed by atoms with Crippen molar-refractivity contribution in [3.63, 3.8) is 0 Å².